The third-order valence-electron chi connectivity index (χ3n) is 6.12. The fourth-order valence-corrected chi connectivity index (χ4v) is 4.13. The summed E-state index contributed by atoms with van der Waals surface area (Å²) in [6, 6.07) is 38.9. The van der Waals surface area contributed by atoms with Gasteiger partial charge in [-0.2, -0.15) is 0 Å². The molecular formula is C34H25N8Os. The largest absolute Gasteiger partial charge is 1.00 e. The van der Waals surface area contributed by atoms with Gasteiger partial charge in [-0.25, -0.2) is 4.98 Å². The van der Waals surface area contributed by atoms with Crippen molar-refractivity contribution < 1.29 is 19.8 Å². The monoisotopic (exact) mass is 737 g/mol. The summed E-state index contributed by atoms with van der Waals surface area (Å²) in [5.74, 6) is 1.36. The van der Waals surface area contributed by atoms with Crippen LogP contribution in [0.1, 0.15) is 0 Å². The second kappa shape index (κ2) is 14.5. The molecule has 9 heteroatoms. The van der Waals surface area contributed by atoms with Crippen LogP contribution in [0.4, 0.5) is 0 Å². The quantitative estimate of drug-likeness (QED) is 0.208. The minimum atomic E-state index is 0. The number of aromatic nitrogens is 8. The molecule has 8 aromatic rings. The fourth-order valence-electron chi connectivity index (χ4n) is 4.13. The van der Waals surface area contributed by atoms with Crippen molar-refractivity contribution in [1.29, 1.82) is 0 Å². The normalized spacial score (nSPS) is 10.1. The molecule has 0 aliphatic rings. The average Bonchev–Trinajstić information content (AvgIpc) is 3.72. The van der Waals surface area contributed by atoms with Crippen molar-refractivity contribution in [2.24, 2.45) is 0 Å². The van der Waals surface area contributed by atoms with Gasteiger partial charge >= 0.3 is 19.8 Å². The molecule has 1 N–H and O–H groups in total. The number of pyridine rings is 4. The Labute approximate surface area is 261 Å². The van der Waals surface area contributed by atoms with Crippen molar-refractivity contribution >= 4 is 22.1 Å². The summed E-state index contributed by atoms with van der Waals surface area (Å²) in [6.45, 7) is 0. The van der Waals surface area contributed by atoms with Crippen molar-refractivity contribution in [3.05, 3.63) is 146 Å². The number of benzene rings is 2. The van der Waals surface area contributed by atoms with Gasteiger partial charge in [0.1, 0.15) is 5.82 Å². The van der Waals surface area contributed by atoms with Crippen molar-refractivity contribution in [2.75, 3.05) is 0 Å². The van der Waals surface area contributed by atoms with Crippen LogP contribution in [0.3, 0.4) is 0 Å². The van der Waals surface area contributed by atoms with E-state index in [1.807, 2.05) is 121 Å². The van der Waals surface area contributed by atoms with E-state index in [2.05, 4.69) is 39.9 Å². The van der Waals surface area contributed by atoms with Gasteiger partial charge in [0, 0.05) is 24.8 Å². The number of para-hydroxylation sites is 4. The zero-order chi connectivity index (χ0) is 28.4. The number of H-pyrrole nitrogens is 1. The Kier molecular flexibility index (Phi) is 9.81. The minimum absolute atomic E-state index is 0. The molecule has 0 atom stereocenters. The van der Waals surface area contributed by atoms with E-state index >= 15 is 0 Å². The summed E-state index contributed by atoms with van der Waals surface area (Å²) >= 11 is 0. The maximum Gasteiger partial charge on any atom is 1.00 e. The Morgan fingerprint density at radius 2 is 0.884 bits per heavy atom. The number of hydrogen-bond acceptors (Lipinski definition) is 6. The van der Waals surface area contributed by atoms with Crippen LogP contribution in [-0.2, 0) is 19.8 Å². The number of imidazole rings is 2. The fraction of sp³-hybridized carbons (Fsp3) is 0. The Morgan fingerprint density at radius 3 is 1.33 bits per heavy atom. The molecule has 0 aliphatic heterocycles. The van der Waals surface area contributed by atoms with Crippen LogP contribution in [-0.4, -0.2) is 34.9 Å². The SMILES string of the molecule is [Os+].c1ccc(-c2ccccn2)nc1.c1ccc(-c2ccccn2)nc1.c1ccc2[n-]c(-c3nc4ccccc4[nH]3)nc2c1. The molecule has 0 saturated heterocycles. The molecule has 1 radical (unpaired) electrons. The van der Waals surface area contributed by atoms with Crippen molar-refractivity contribution in [1.82, 2.24) is 39.9 Å². The third kappa shape index (κ3) is 7.47. The molecule has 8 nitrogen and oxygen atoms in total. The first kappa shape index (κ1) is 29.1. The molecule has 0 unspecified atom stereocenters. The number of rotatable bonds is 3. The predicted octanol–water partition coefficient (Wildman–Crippen LogP) is 7.02. The van der Waals surface area contributed by atoms with Gasteiger partial charge in [0.25, 0.3) is 0 Å². The summed E-state index contributed by atoms with van der Waals surface area (Å²) in [5, 5.41) is 0. The summed E-state index contributed by atoms with van der Waals surface area (Å²) < 4.78 is 0. The van der Waals surface area contributed by atoms with Crippen LogP contribution in [0.15, 0.2) is 146 Å². The third-order valence-corrected chi connectivity index (χ3v) is 6.12. The van der Waals surface area contributed by atoms with Gasteiger partial charge in [0.2, 0.25) is 0 Å². The van der Waals surface area contributed by atoms with Crippen molar-refractivity contribution in [3.8, 4) is 34.4 Å². The van der Waals surface area contributed by atoms with E-state index < -0.39 is 0 Å². The van der Waals surface area contributed by atoms with Crippen molar-refractivity contribution in [2.45, 2.75) is 0 Å². The zero-order valence-electron chi connectivity index (χ0n) is 22.8. The molecule has 2 aromatic carbocycles. The summed E-state index contributed by atoms with van der Waals surface area (Å²) in [4.78, 5) is 33.4. The second-order valence-electron chi connectivity index (χ2n) is 9.00. The number of aromatic amines is 1. The van der Waals surface area contributed by atoms with Crippen molar-refractivity contribution in [3.63, 3.8) is 0 Å². The summed E-state index contributed by atoms with van der Waals surface area (Å²) in [6.07, 6.45) is 7.07. The Hall–Kier alpha value is -5.38. The van der Waals surface area contributed by atoms with Gasteiger partial charge in [-0.3, -0.25) is 19.9 Å². The smallest absolute Gasteiger partial charge is 0.433 e. The van der Waals surface area contributed by atoms with E-state index in [0.29, 0.717) is 11.6 Å². The maximum atomic E-state index is 4.50. The molecule has 209 valence electrons. The van der Waals surface area contributed by atoms with E-state index in [1.54, 1.807) is 24.8 Å². The second-order valence-corrected chi connectivity index (χ2v) is 9.00. The van der Waals surface area contributed by atoms with Crippen LogP contribution in [0, 0.1) is 0 Å². The van der Waals surface area contributed by atoms with Gasteiger partial charge < -0.3 is 15.0 Å². The molecule has 6 heterocycles. The number of fused-ring (bicyclic) bond motifs is 2. The van der Waals surface area contributed by atoms with Crippen LogP contribution in [0.25, 0.3) is 56.5 Å². The van der Waals surface area contributed by atoms with E-state index in [-0.39, 0.29) is 19.8 Å². The molecule has 0 saturated carbocycles. The first-order valence-electron chi connectivity index (χ1n) is 13.3. The molecule has 8 rings (SSSR count). The number of nitrogens with one attached hydrogen (secondary N) is 1. The zero-order valence-corrected chi connectivity index (χ0v) is 25.4. The van der Waals surface area contributed by atoms with Crippen LogP contribution < -0.4 is 4.98 Å². The summed E-state index contributed by atoms with van der Waals surface area (Å²) in [7, 11) is 0. The van der Waals surface area contributed by atoms with Crippen LogP contribution >= 0.6 is 0 Å². The van der Waals surface area contributed by atoms with E-state index in [9.17, 15) is 0 Å². The minimum Gasteiger partial charge on any atom is -0.433 e. The molecule has 0 aliphatic carbocycles. The van der Waals surface area contributed by atoms with E-state index in [0.717, 1.165) is 44.8 Å². The molecule has 0 bridgehead atoms. The topological polar surface area (TPSA) is 107 Å². The van der Waals surface area contributed by atoms with Gasteiger partial charge in [-0.15, -0.1) is 0 Å². The molecule has 0 amide bonds. The predicted molar refractivity (Wildman–Crippen MR) is 165 cm³/mol. The maximum absolute atomic E-state index is 4.50. The molecule has 43 heavy (non-hydrogen) atoms. The van der Waals surface area contributed by atoms with Gasteiger partial charge in [-0.05, 0) is 77.5 Å². The van der Waals surface area contributed by atoms with E-state index in [1.165, 1.54) is 0 Å². The van der Waals surface area contributed by atoms with Crippen LogP contribution in [0.5, 0.6) is 0 Å². The van der Waals surface area contributed by atoms with Gasteiger partial charge in [0.15, 0.2) is 0 Å². The Balaban J connectivity index is 0.000000131. The number of hydrogen-bond donors (Lipinski definition) is 1. The molecule has 6 aromatic heterocycles. The van der Waals surface area contributed by atoms with Gasteiger partial charge in [0.05, 0.1) is 33.8 Å². The molecular weight excluding hydrogens is 711 g/mol. The first-order valence-corrected chi connectivity index (χ1v) is 13.3. The molecule has 0 fully saturated rings. The molecule has 0 spiro atoms. The van der Waals surface area contributed by atoms with E-state index in [4.69, 9.17) is 0 Å². The van der Waals surface area contributed by atoms with Gasteiger partial charge in [-0.1, -0.05) is 60.7 Å². The Morgan fingerprint density at radius 1 is 0.442 bits per heavy atom. The van der Waals surface area contributed by atoms with Crippen LogP contribution in [0.2, 0.25) is 0 Å². The standard InChI is InChI=1S/C14H9N4.2C10H8N2.Os/c1-2-6-10-9(5-1)15-13(16-10)14-17-11-7-3-4-8-12(11)18-14;2*1-3-7-11-9(5-1)10-6-2-4-8-12-10;/h1-8H,(H-,15,16,17,18);2*1-8H;/q-1;;;+1. The number of nitrogens with zero attached hydrogens (tertiary/aromatic N) is 7. The first-order chi connectivity index (χ1) is 20.8. The Bertz CT molecular complexity index is 1690. The summed E-state index contributed by atoms with van der Waals surface area (Å²) in [5.41, 5.74) is 7.39. The average molecular weight is 736 g/mol.